The van der Waals surface area contributed by atoms with E-state index in [0.717, 1.165) is 0 Å². The maximum Gasteiger partial charge on any atom is 0.360 e. The van der Waals surface area contributed by atoms with Crippen LogP contribution >= 0.6 is 0 Å². The zero-order valence-electron chi connectivity index (χ0n) is 15.5. The number of nitrogens with zero attached hydrogens (tertiary/aromatic N) is 3. The van der Waals surface area contributed by atoms with Gasteiger partial charge < -0.3 is 9.57 Å². The highest BCUT2D eigenvalue weighted by Gasteiger charge is 2.24. The highest BCUT2D eigenvalue weighted by Crippen LogP contribution is 2.23. The third-order valence-electron chi connectivity index (χ3n) is 3.98. The molecule has 6 nitrogen and oxygen atoms in total. The molecule has 0 saturated carbocycles. The van der Waals surface area contributed by atoms with Crippen LogP contribution in [0.3, 0.4) is 0 Å². The molecule has 0 bridgehead atoms. The van der Waals surface area contributed by atoms with Gasteiger partial charge in [-0.15, -0.1) is 0 Å². The van der Waals surface area contributed by atoms with Crippen LogP contribution in [0.1, 0.15) is 34.2 Å². The van der Waals surface area contributed by atoms with Crippen LogP contribution in [0.5, 0.6) is 0 Å². The highest BCUT2D eigenvalue weighted by molar-refractivity contribution is 5.89. The van der Waals surface area contributed by atoms with Crippen LogP contribution < -0.4 is 4.84 Å². The molecule has 1 heterocycles. The number of hydrogen-bond acceptors (Lipinski definition) is 5. The van der Waals surface area contributed by atoms with Crippen molar-refractivity contribution in [3.8, 4) is 17.5 Å². The third kappa shape index (κ3) is 4.01. The van der Waals surface area contributed by atoms with Crippen LogP contribution in [0.25, 0.3) is 11.4 Å². The standard InChI is InChI=1S/C21H18FN3O3/c1-3-27-21(26)19-14(2)24-20(17-8-4-6-15(10-17)12-23)25(19)28-13-16-7-5-9-18(22)11-16/h4-11H,3,13H2,1-2H3. The Morgan fingerprint density at radius 3 is 2.75 bits per heavy atom. The monoisotopic (exact) mass is 379 g/mol. The molecule has 3 aromatic rings. The van der Waals surface area contributed by atoms with Crippen molar-refractivity contribution >= 4 is 5.97 Å². The summed E-state index contributed by atoms with van der Waals surface area (Å²) < 4.78 is 19.9. The fourth-order valence-electron chi connectivity index (χ4n) is 2.74. The minimum atomic E-state index is -0.575. The molecule has 0 spiro atoms. The van der Waals surface area contributed by atoms with Gasteiger partial charge in [0.2, 0.25) is 0 Å². The second-order valence-electron chi connectivity index (χ2n) is 5.98. The molecule has 0 fully saturated rings. The number of nitriles is 1. The Bertz CT molecular complexity index is 1050. The van der Waals surface area contributed by atoms with Gasteiger partial charge in [-0.05, 0) is 43.7 Å². The Labute approximate surface area is 161 Å². The van der Waals surface area contributed by atoms with Gasteiger partial charge in [-0.2, -0.15) is 9.99 Å². The quantitative estimate of drug-likeness (QED) is 0.611. The van der Waals surface area contributed by atoms with Gasteiger partial charge in [-0.1, -0.05) is 24.3 Å². The molecule has 0 saturated heterocycles. The van der Waals surface area contributed by atoms with E-state index in [1.165, 1.54) is 16.9 Å². The predicted octanol–water partition coefficient (Wildman–Crippen LogP) is 3.67. The number of imidazole rings is 1. The van der Waals surface area contributed by atoms with Crippen LogP contribution in [0, 0.1) is 24.1 Å². The van der Waals surface area contributed by atoms with E-state index in [1.807, 2.05) is 0 Å². The van der Waals surface area contributed by atoms with E-state index in [2.05, 4.69) is 11.1 Å². The Hall–Kier alpha value is -3.66. The summed E-state index contributed by atoms with van der Waals surface area (Å²) in [7, 11) is 0. The van der Waals surface area contributed by atoms with Gasteiger partial charge >= 0.3 is 5.97 Å². The second-order valence-corrected chi connectivity index (χ2v) is 5.98. The Kier molecular flexibility index (Phi) is 5.70. The molecule has 0 aliphatic heterocycles. The molecule has 0 N–H and O–H groups in total. The summed E-state index contributed by atoms with van der Waals surface area (Å²) in [5, 5.41) is 9.16. The molecule has 0 aliphatic carbocycles. The van der Waals surface area contributed by atoms with Crippen molar-refractivity contribution in [2.75, 3.05) is 6.61 Å². The smallest absolute Gasteiger partial charge is 0.360 e. The third-order valence-corrected chi connectivity index (χ3v) is 3.98. The summed E-state index contributed by atoms with van der Waals surface area (Å²) in [4.78, 5) is 22.7. The summed E-state index contributed by atoms with van der Waals surface area (Å²) in [6.07, 6.45) is 0. The van der Waals surface area contributed by atoms with E-state index in [1.54, 1.807) is 50.2 Å². The lowest BCUT2D eigenvalue weighted by Gasteiger charge is -2.13. The normalized spacial score (nSPS) is 10.4. The minimum Gasteiger partial charge on any atom is -0.461 e. The molecular weight excluding hydrogens is 361 g/mol. The number of esters is 1. The van der Waals surface area contributed by atoms with Gasteiger partial charge in [0.15, 0.2) is 11.5 Å². The first-order valence-electron chi connectivity index (χ1n) is 8.68. The van der Waals surface area contributed by atoms with E-state index >= 15 is 0 Å². The number of carbonyl (C=O) groups excluding carboxylic acids is 1. The maximum atomic E-state index is 13.5. The van der Waals surface area contributed by atoms with Gasteiger partial charge in [0, 0.05) is 5.56 Å². The number of hydrogen-bond donors (Lipinski definition) is 0. The summed E-state index contributed by atoms with van der Waals surface area (Å²) in [5.74, 6) is -0.598. The Balaban J connectivity index is 2.05. The van der Waals surface area contributed by atoms with E-state index in [-0.39, 0.29) is 24.7 Å². The number of ether oxygens (including phenoxy) is 1. The van der Waals surface area contributed by atoms with Crippen molar-refractivity contribution in [2.45, 2.75) is 20.5 Å². The van der Waals surface area contributed by atoms with Gasteiger partial charge in [0.05, 0.1) is 23.9 Å². The molecule has 28 heavy (non-hydrogen) atoms. The van der Waals surface area contributed by atoms with Crippen molar-refractivity contribution < 1.29 is 18.8 Å². The van der Waals surface area contributed by atoms with E-state index in [4.69, 9.17) is 14.8 Å². The van der Waals surface area contributed by atoms with E-state index < -0.39 is 5.97 Å². The van der Waals surface area contributed by atoms with Gasteiger partial charge in [-0.25, -0.2) is 14.2 Å². The Morgan fingerprint density at radius 2 is 2.04 bits per heavy atom. The molecule has 0 radical (unpaired) electrons. The predicted molar refractivity (Wildman–Crippen MR) is 99.8 cm³/mol. The molecule has 0 unspecified atom stereocenters. The molecule has 1 aromatic heterocycles. The lowest BCUT2D eigenvalue weighted by Crippen LogP contribution is -2.20. The zero-order chi connectivity index (χ0) is 20.1. The summed E-state index contributed by atoms with van der Waals surface area (Å²) in [6, 6.07) is 14.9. The molecule has 142 valence electrons. The molecule has 0 aliphatic rings. The first-order chi connectivity index (χ1) is 13.5. The molecular formula is C21H18FN3O3. The zero-order valence-corrected chi connectivity index (χ0v) is 15.5. The molecule has 3 rings (SSSR count). The fourth-order valence-corrected chi connectivity index (χ4v) is 2.74. The van der Waals surface area contributed by atoms with Crippen molar-refractivity contribution in [1.82, 2.24) is 9.71 Å². The van der Waals surface area contributed by atoms with Gasteiger partial charge in [-0.3, -0.25) is 0 Å². The lowest BCUT2D eigenvalue weighted by molar-refractivity contribution is 0.0426. The average Bonchev–Trinajstić information content (AvgIpc) is 3.03. The van der Waals surface area contributed by atoms with Gasteiger partial charge in [0.1, 0.15) is 12.4 Å². The first-order valence-corrected chi connectivity index (χ1v) is 8.68. The number of aromatic nitrogens is 2. The number of benzene rings is 2. The molecule has 7 heteroatoms. The summed E-state index contributed by atoms with van der Waals surface area (Å²) in [5.41, 5.74) is 2.23. The van der Waals surface area contributed by atoms with Crippen LogP contribution in [-0.2, 0) is 11.3 Å². The van der Waals surface area contributed by atoms with E-state index in [0.29, 0.717) is 28.2 Å². The minimum absolute atomic E-state index is 0.0188. The van der Waals surface area contributed by atoms with Crippen molar-refractivity contribution in [3.05, 3.63) is 76.9 Å². The molecule has 2 aromatic carbocycles. The maximum absolute atomic E-state index is 13.5. The summed E-state index contributed by atoms with van der Waals surface area (Å²) in [6.45, 7) is 3.60. The van der Waals surface area contributed by atoms with E-state index in [9.17, 15) is 9.18 Å². The van der Waals surface area contributed by atoms with Crippen molar-refractivity contribution in [3.63, 3.8) is 0 Å². The van der Waals surface area contributed by atoms with Crippen LogP contribution in [0.2, 0.25) is 0 Å². The largest absolute Gasteiger partial charge is 0.461 e. The van der Waals surface area contributed by atoms with Gasteiger partial charge in [0.25, 0.3) is 0 Å². The van der Waals surface area contributed by atoms with Crippen molar-refractivity contribution in [2.24, 2.45) is 0 Å². The Morgan fingerprint density at radius 1 is 1.25 bits per heavy atom. The number of aryl methyl sites for hydroxylation is 1. The molecule has 0 amide bonds. The van der Waals surface area contributed by atoms with Crippen molar-refractivity contribution in [1.29, 1.82) is 5.26 Å². The fraction of sp³-hybridized carbons (Fsp3) is 0.190. The van der Waals surface area contributed by atoms with Crippen LogP contribution in [-0.4, -0.2) is 22.3 Å². The highest BCUT2D eigenvalue weighted by atomic mass is 19.1. The average molecular weight is 379 g/mol. The topological polar surface area (TPSA) is 77.1 Å². The van der Waals surface area contributed by atoms with Crippen LogP contribution in [0.4, 0.5) is 4.39 Å². The van der Waals surface area contributed by atoms with Crippen LogP contribution in [0.15, 0.2) is 48.5 Å². The summed E-state index contributed by atoms with van der Waals surface area (Å²) >= 11 is 0. The second kappa shape index (κ2) is 8.35. The lowest BCUT2D eigenvalue weighted by atomic mass is 10.1. The number of halogens is 1. The number of carbonyl (C=O) groups is 1. The molecule has 0 atom stereocenters. The SMILES string of the molecule is CCOC(=O)c1c(C)nc(-c2cccc(C#N)c2)n1OCc1cccc(F)c1. The number of rotatable bonds is 6. The first kappa shape index (κ1) is 19.1.